The van der Waals surface area contributed by atoms with Crippen molar-refractivity contribution in [2.45, 2.75) is 0 Å². The first-order valence-electron chi connectivity index (χ1n) is 23.4. The Morgan fingerprint density at radius 1 is 0.271 bits per heavy atom. The van der Waals surface area contributed by atoms with Gasteiger partial charge in [-0.25, -0.2) is 15.0 Å². The number of hydrogen-bond donors (Lipinski definition) is 0. The lowest BCUT2D eigenvalue weighted by Crippen LogP contribution is -2.00. The largest absolute Gasteiger partial charge is 0.456 e. The minimum Gasteiger partial charge on any atom is -0.456 e. The Hall–Kier alpha value is -9.59. The first-order valence-corrected chi connectivity index (χ1v) is 23.4. The van der Waals surface area contributed by atoms with Gasteiger partial charge in [0.05, 0.1) is 11.0 Å². The second kappa shape index (κ2) is 15.0. The molecule has 15 aromatic rings. The van der Waals surface area contributed by atoms with Gasteiger partial charge in [-0.15, -0.1) is 0 Å². The van der Waals surface area contributed by atoms with E-state index in [1.54, 1.807) is 0 Å². The van der Waals surface area contributed by atoms with E-state index in [1.165, 1.54) is 33.0 Å². The van der Waals surface area contributed by atoms with Gasteiger partial charge in [0, 0.05) is 71.5 Å². The van der Waals surface area contributed by atoms with Crippen molar-refractivity contribution in [3.63, 3.8) is 0 Å². The lowest BCUT2D eigenvalue weighted by molar-refractivity contribution is 0.668. The molecule has 0 spiro atoms. The molecule has 0 amide bonds. The van der Waals surface area contributed by atoms with Crippen molar-refractivity contribution in [3.05, 3.63) is 218 Å². The Labute approximate surface area is 399 Å². The van der Waals surface area contributed by atoms with Crippen LogP contribution in [-0.4, -0.2) is 19.5 Å². The highest BCUT2D eigenvalue weighted by Crippen LogP contribution is 2.41. The van der Waals surface area contributed by atoms with Crippen molar-refractivity contribution in [1.82, 2.24) is 19.5 Å². The SMILES string of the molecule is c1ccc(-c2cccc(-c3ccc4c(c3)c3ccccc3n4-c3ccc4c(c3)oc3cccc(-c5nc(-c6ccc7c(c6)oc6ccccc67)nc(-c6ccc7c(c6)oc6ccccc67)n5)c34)c2)cc1. The average Bonchev–Trinajstić information content (AvgIpc) is 4.19. The maximum absolute atomic E-state index is 6.78. The van der Waals surface area contributed by atoms with Gasteiger partial charge >= 0.3 is 0 Å². The molecule has 0 aliphatic heterocycles. The number of aromatic nitrogens is 4. The van der Waals surface area contributed by atoms with Crippen LogP contribution in [0.25, 0.3) is 150 Å². The fourth-order valence-corrected chi connectivity index (χ4v) is 10.6. The second-order valence-electron chi connectivity index (χ2n) is 17.9. The summed E-state index contributed by atoms with van der Waals surface area (Å²) in [5.41, 5.74) is 15.2. The Morgan fingerprint density at radius 3 is 1.50 bits per heavy atom. The average molecular weight is 897 g/mol. The minimum atomic E-state index is 0.526. The van der Waals surface area contributed by atoms with Gasteiger partial charge < -0.3 is 17.8 Å². The van der Waals surface area contributed by atoms with Crippen LogP contribution in [0.4, 0.5) is 0 Å². The number of fused-ring (bicyclic) bond motifs is 12. The smallest absolute Gasteiger partial charge is 0.164 e. The molecule has 0 fully saturated rings. The molecular formula is C63H36N4O3. The summed E-state index contributed by atoms with van der Waals surface area (Å²) in [5, 5.41) is 8.47. The summed E-state index contributed by atoms with van der Waals surface area (Å²) >= 11 is 0. The summed E-state index contributed by atoms with van der Waals surface area (Å²) in [4.78, 5) is 15.6. The van der Waals surface area contributed by atoms with E-state index < -0.39 is 0 Å². The van der Waals surface area contributed by atoms with E-state index in [4.69, 9.17) is 28.2 Å². The van der Waals surface area contributed by atoms with Crippen LogP contribution in [0.2, 0.25) is 0 Å². The third-order valence-electron chi connectivity index (χ3n) is 13.9. The van der Waals surface area contributed by atoms with Crippen molar-refractivity contribution in [1.29, 1.82) is 0 Å². The summed E-state index contributed by atoms with van der Waals surface area (Å²) in [6.45, 7) is 0. The summed E-state index contributed by atoms with van der Waals surface area (Å²) in [6, 6.07) is 75.9. The van der Waals surface area contributed by atoms with E-state index in [0.717, 1.165) is 99.2 Å². The lowest BCUT2D eigenvalue weighted by Gasteiger charge is -2.10. The van der Waals surface area contributed by atoms with Gasteiger partial charge in [-0.2, -0.15) is 0 Å². The van der Waals surface area contributed by atoms with Crippen LogP contribution in [0.3, 0.4) is 0 Å². The predicted octanol–water partition coefficient (Wildman–Crippen LogP) is 17.0. The van der Waals surface area contributed by atoms with Gasteiger partial charge in [0.25, 0.3) is 0 Å². The van der Waals surface area contributed by atoms with Gasteiger partial charge in [-0.1, -0.05) is 133 Å². The number of furan rings is 3. The van der Waals surface area contributed by atoms with Crippen LogP contribution in [-0.2, 0) is 0 Å². The summed E-state index contributed by atoms with van der Waals surface area (Å²) in [7, 11) is 0. The van der Waals surface area contributed by atoms with Crippen molar-refractivity contribution < 1.29 is 13.3 Å². The molecule has 0 atom stereocenters. The maximum Gasteiger partial charge on any atom is 0.164 e. The van der Waals surface area contributed by atoms with Crippen LogP contribution in [0.15, 0.2) is 232 Å². The molecule has 0 saturated carbocycles. The standard InChI is InChI=1S/C63H36N4O3/c1-2-12-37(13-3-1)38-14-10-15-39(32-38)40-26-31-53-51(33-40)44-16-4-7-20-52(44)67(53)43-27-30-49-59(36-43)70-56-23-11-19-50(60(49)56)63-65-61(41-24-28-47-45-17-5-8-21-54(45)68-57(47)34-41)64-62(66-63)42-25-29-48-46-18-6-9-22-55(46)69-58(48)35-42/h1-36H. The Kier molecular flexibility index (Phi) is 8.23. The number of benzene rings is 10. The molecule has 326 valence electrons. The van der Waals surface area contributed by atoms with Crippen LogP contribution in [0, 0.1) is 0 Å². The molecule has 5 heterocycles. The Bertz CT molecular complexity index is 4480. The van der Waals surface area contributed by atoms with Gasteiger partial charge in [0.15, 0.2) is 17.5 Å². The lowest BCUT2D eigenvalue weighted by atomic mass is 9.98. The highest BCUT2D eigenvalue weighted by Gasteiger charge is 2.21. The molecule has 0 unspecified atom stereocenters. The first-order chi connectivity index (χ1) is 34.6. The monoisotopic (exact) mass is 896 g/mol. The predicted molar refractivity (Wildman–Crippen MR) is 283 cm³/mol. The highest BCUT2D eigenvalue weighted by atomic mass is 16.3. The molecule has 0 bridgehead atoms. The molecule has 70 heavy (non-hydrogen) atoms. The topological polar surface area (TPSA) is 83.0 Å². The molecule has 0 saturated heterocycles. The highest BCUT2D eigenvalue weighted by molar-refractivity contribution is 6.14. The zero-order chi connectivity index (χ0) is 45.9. The number of nitrogens with zero attached hydrogens (tertiary/aromatic N) is 4. The normalized spacial score (nSPS) is 12.0. The molecule has 0 radical (unpaired) electrons. The Balaban J connectivity index is 0.877. The molecule has 10 aromatic carbocycles. The fraction of sp³-hybridized carbons (Fsp3) is 0. The third kappa shape index (κ3) is 5.98. The van der Waals surface area contributed by atoms with E-state index in [0.29, 0.717) is 17.5 Å². The number of para-hydroxylation sites is 3. The molecule has 7 heteroatoms. The van der Waals surface area contributed by atoms with Crippen LogP contribution >= 0.6 is 0 Å². The van der Waals surface area contributed by atoms with Crippen LogP contribution in [0.5, 0.6) is 0 Å². The van der Waals surface area contributed by atoms with Crippen molar-refractivity contribution >= 4 is 87.6 Å². The summed E-state index contributed by atoms with van der Waals surface area (Å²) < 4.78 is 21.8. The van der Waals surface area contributed by atoms with Gasteiger partial charge in [-0.05, 0) is 101 Å². The van der Waals surface area contributed by atoms with Crippen LogP contribution < -0.4 is 0 Å². The minimum absolute atomic E-state index is 0.526. The molecular weight excluding hydrogens is 861 g/mol. The maximum atomic E-state index is 6.78. The number of rotatable bonds is 6. The van der Waals surface area contributed by atoms with E-state index >= 15 is 0 Å². The summed E-state index contributed by atoms with van der Waals surface area (Å²) in [6.07, 6.45) is 0. The summed E-state index contributed by atoms with van der Waals surface area (Å²) in [5.74, 6) is 1.58. The van der Waals surface area contributed by atoms with E-state index in [9.17, 15) is 0 Å². The fourth-order valence-electron chi connectivity index (χ4n) is 10.6. The molecule has 7 nitrogen and oxygen atoms in total. The van der Waals surface area contributed by atoms with Crippen molar-refractivity contribution in [3.8, 4) is 62.1 Å². The van der Waals surface area contributed by atoms with Crippen molar-refractivity contribution in [2.75, 3.05) is 0 Å². The third-order valence-corrected chi connectivity index (χ3v) is 13.9. The zero-order valence-corrected chi connectivity index (χ0v) is 37.3. The zero-order valence-electron chi connectivity index (χ0n) is 37.3. The second-order valence-corrected chi connectivity index (χ2v) is 17.9. The van der Waals surface area contributed by atoms with Crippen LogP contribution in [0.1, 0.15) is 0 Å². The molecule has 15 rings (SSSR count). The molecule has 0 aliphatic carbocycles. The van der Waals surface area contributed by atoms with Gasteiger partial charge in [0.1, 0.15) is 33.5 Å². The van der Waals surface area contributed by atoms with E-state index in [1.807, 2.05) is 60.7 Å². The quantitative estimate of drug-likeness (QED) is 0.165. The van der Waals surface area contributed by atoms with Crippen molar-refractivity contribution in [2.24, 2.45) is 0 Å². The van der Waals surface area contributed by atoms with Gasteiger partial charge in [-0.3, -0.25) is 0 Å². The van der Waals surface area contributed by atoms with Gasteiger partial charge in [0.2, 0.25) is 0 Å². The first kappa shape index (κ1) is 38.5. The molecule has 0 N–H and O–H groups in total. The van der Waals surface area contributed by atoms with E-state index in [-0.39, 0.29) is 0 Å². The number of hydrogen-bond acceptors (Lipinski definition) is 6. The Morgan fingerprint density at radius 2 is 0.771 bits per heavy atom. The van der Waals surface area contributed by atoms with E-state index in [2.05, 4.69) is 162 Å². The molecule has 5 aromatic heterocycles. The molecule has 0 aliphatic rings.